The molecule has 0 radical (unpaired) electrons. The third kappa shape index (κ3) is 4.14. The maximum absolute atomic E-state index is 4.21. The average Bonchev–Trinajstić information content (AvgIpc) is 2.83. The molecular formula is C14H19BrN4. The molecule has 0 fully saturated rings. The zero-order chi connectivity index (χ0) is 13.9. The summed E-state index contributed by atoms with van der Waals surface area (Å²) in [5.41, 5.74) is 1.36. The van der Waals surface area contributed by atoms with Crippen LogP contribution in [0.4, 0.5) is 0 Å². The molecule has 0 amide bonds. The largest absolute Gasteiger partial charge is 0.287 e. The van der Waals surface area contributed by atoms with Gasteiger partial charge in [0.05, 0.1) is 6.54 Å². The van der Waals surface area contributed by atoms with E-state index in [1.54, 1.807) is 6.33 Å². The van der Waals surface area contributed by atoms with Crippen molar-refractivity contribution < 1.29 is 0 Å². The van der Waals surface area contributed by atoms with E-state index >= 15 is 0 Å². The van der Waals surface area contributed by atoms with E-state index in [0.29, 0.717) is 0 Å². The van der Waals surface area contributed by atoms with Crippen molar-refractivity contribution in [1.82, 2.24) is 20.1 Å². The molecule has 0 bridgehead atoms. The number of nitrogens with one attached hydrogen (secondary N) is 1. The number of benzene rings is 1. The highest BCUT2D eigenvalue weighted by atomic mass is 79.9. The first-order valence-corrected chi connectivity index (χ1v) is 7.08. The van der Waals surface area contributed by atoms with Gasteiger partial charge in [-0.05, 0) is 38.5 Å². The standard InChI is InChI=1S/C14H19BrN4/c1-14(2,3)19(9-13-16-10-17-18-13)8-11-4-6-12(15)7-5-11/h4-7,10H,8-9H2,1-3H3,(H,16,17,18). The van der Waals surface area contributed by atoms with Crippen molar-refractivity contribution in [2.24, 2.45) is 0 Å². The number of hydrogen-bond acceptors (Lipinski definition) is 3. The van der Waals surface area contributed by atoms with Gasteiger partial charge >= 0.3 is 0 Å². The van der Waals surface area contributed by atoms with Crippen LogP contribution in [0.25, 0.3) is 0 Å². The topological polar surface area (TPSA) is 44.8 Å². The first-order chi connectivity index (χ1) is 8.95. The highest BCUT2D eigenvalue weighted by molar-refractivity contribution is 9.10. The fourth-order valence-corrected chi connectivity index (χ4v) is 2.09. The molecule has 0 aliphatic heterocycles. The van der Waals surface area contributed by atoms with Crippen LogP contribution in [0.3, 0.4) is 0 Å². The zero-order valence-electron chi connectivity index (χ0n) is 11.5. The van der Waals surface area contributed by atoms with Gasteiger partial charge in [-0.2, -0.15) is 5.10 Å². The Balaban J connectivity index is 2.12. The maximum Gasteiger partial charge on any atom is 0.138 e. The summed E-state index contributed by atoms with van der Waals surface area (Å²) in [6.45, 7) is 8.28. The van der Waals surface area contributed by atoms with Crippen molar-refractivity contribution in [3.05, 3.63) is 46.5 Å². The molecule has 4 nitrogen and oxygen atoms in total. The van der Waals surface area contributed by atoms with Gasteiger partial charge in [-0.3, -0.25) is 10.00 Å². The monoisotopic (exact) mass is 322 g/mol. The van der Waals surface area contributed by atoms with Gasteiger partial charge in [-0.15, -0.1) is 0 Å². The van der Waals surface area contributed by atoms with E-state index in [0.717, 1.165) is 23.4 Å². The van der Waals surface area contributed by atoms with Crippen LogP contribution < -0.4 is 0 Å². The molecule has 102 valence electrons. The summed E-state index contributed by atoms with van der Waals surface area (Å²) < 4.78 is 1.11. The quantitative estimate of drug-likeness (QED) is 0.938. The number of nitrogens with zero attached hydrogens (tertiary/aromatic N) is 3. The summed E-state index contributed by atoms with van der Waals surface area (Å²) in [7, 11) is 0. The van der Waals surface area contributed by atoms with Crippen LogP contribution in [0, 0.1) is 0 Å². The minimum atomic E-state index is 0.0693. The lowest BCUT2D eigenvalue weighted by atomic mass is 10.0. The van der Waals surface area contributed by atoms with Gasteiger partial charge in [0.1, 0.15) is 12.2 Å². The molecule has 0 aliphatic rings. The van der Waals surface area contributed by atoms with Crippen molar-refractivity contribution in [2.75, 3.05) is 0 Å². The van der Waals surface area contributed by atoms with Crippen LogP contribution in [0.5, 0.6) is 0 Å². The molecule has 5 heteroatoms. The first kappa shape index (κ1) is 14.2. The number of aromatic nitrogens is 3. The zero-order valence-corrected chi connectivity index (χ0v) is 13.1. The molecule has 0 spiro atoms. The number of aromatic amines is 1. The van der Waals surface area contributed by atoms with Crippen LogP contribution in [0.15, 0.2) is 35.1 Å². The molecule has 1 N–H and O–H groups in total. The summed E-state index contributed by atoms with van der Waals surface area (Å²) in [6.07, 6.45) is 1.55. The molecule has 2 aromatic rings. The number of rotatable bonds is 4. The molecule has 0 unspecified atom stereocenters. The van der Waals surface area contributed by atoms with Crippen molar-refractivity contribution in [1.29, 1.82) is 0 Å². The molecule has 0 saturated heterocycles. The lowest BCUT2D eigenvalue weighted by Crippen LogP contribution is -2.40. The Bertz CT molecular complexity index is 499. The first-order valence-electron chi connectivity index (χ1n) is 6.29. The normalized spacial score (nSPS) is 12.1. The van der Waals surface area contributed by atoms with Gasteiger partial charge in [0, 0.05) is 16.6 Å². The van der Waals surface area contributed by atoms with Gasteiger partial charge in [-0.1, -0.05) is 28.1 Å². The van der Waals surface area contributed by atoms with Gasteiger partial charge in [0.25, 0.3) is 0 Å². The van der Waals surface area contributed by atoms with Gasteiger partial charge in [-0.25, -0.2) is 4.98 Å². The third-order valence-corrected chi connectivity index (χ3v) is 3.57. The molecule has 19 heavy (non-hydrogen) atoms. The Hall–Kier alpha value is -1.20. The summed E-state index contributed by atoms with van der Waals surface area (Å²) in [6, 6.07) is 8.43. The van der Waals surface area contributed by atoms with Crippen molar-refractivity contribution in [3.8, 4) is 0 Å². The molecule has 0 aliphatic carbocycles. The molecule has 1 aromatic heterocycles. The number of H-pyrrole nitrogens is 1. The molecule has 0 saturated carbocycles. The molecule has 0 atom stereocenters. The molecular weight excluding hydrogens is 304 g/mol. The van der Waals surface area contributed by atoms with Gasteiger partial charge in [0.2, 0.25) is 0 Å². The van der Waals surface area contributed by atoms with Gasteiger partial charge in [0.15, 0.2) is 0 Å². The second-order valence-corrected chi connectivity index (χ2v) is 6.50. The van der Waals surface area contributed by atoms with E-state index in [9.17, 15) is 0 Å². The van der Waals surface area contributed by atoms with Crippen molar-refractivity contribution >= 4 is 15.9 Å². The fraction of sp³-hybridized carbons (Fsp3) is 0.429. The van der Waals surface area contributed by atoms with Gasteiger partial charge < -0.3 is 0 Å². The van der Waals surface area contributed by atoms with Crippen LogP contribution in [0.1, 0.15) is 32.2 Å². The Kier molecular flexibility index (Phi) is 4.37. The second kappa shape index (κ2) is 5.84. The number of hydrogen-bond donors (Lipinski definition) is 1. The fourth-order valence-electron chi connectivity index (χ4n) is 1.83. The summed E-state index contributed by atoms with van der Waals surface area (Å²) in [5, 5.41) is 6.83. The predicted octanol–water partition coefficient (Wildman–Crippen LogP) is 3.37. The molecule has 2 rings (SSSR count). The molecule has 1 heterocycles. The van der Waals surface area contributed by atoms with E-state index in [1.165, 1.54) is 5.56 Å². The van der Waals surface area contributed by atoms with E-state index in [2.05, 4.69) is 81.0 Å². The lowest BCUT2D eigenvalue weighted by Gasteiger charge is -2.35. The van der Waals surface area contributed by atoms with Crippen molar-refractivity contribution in [2.45, 2.75) is 39.4 Å². The average molecular weight is 323 g/mol. The molecule has 1 aromatic carbocycles. The van der Waals surface area contributed by atoms with E-state index < -0.39 is 0 Å². The highest BCUT2D eigenvalue weighted by Gasteiger charge is 2.22. The minimum Gasteiger partial charge on any atom is -0.287 e. The Morgan fingerprint density at radius 2 is 1.84 bits per heavy atom. The summed E-state index contributed by atoms with van der Waals surface area (Å²) in [4.78, 5) is 6.58. The van der Waals surface area contributed by atoms with Crippen molar-refractivity contribution in [3.63, 3.8) is 0 Å². The SMILES string of the molecule is CC(C)(C)N(Cc1ccc(Br)cc1)Cc1ncn[nH]1. The van der Waals surface area contributed by atoms with Crippen LogP contribution in [-0.2, 0) is 13.1 Å². The summed E-state index contributed by atoms with van der Waals surface area (Å²) >= 11 is 3.46. The minimum absolute atomic E-state index is 0.0693. The maximum atomic E-state index is 4.21. The lowest BCUT2D eigenvalue weighted by molar-refractivity contribution is 0.115. The highest BCUT2D eigenvalue weighted by Crippen LogP contribution is 2.20. The van der Waals surface area contributed by atoms with Crippen LogP contribution >= 0.6 is 15.9 Å². The predicted molar refractivity (Wildman–Crippen MR) is 79.5 cm³/mol. The Labute approximate surface area is 122 Å². The van der Waals surface area contributed by atoms with Crippen LogP contribution in [0.2, 0.25) is 0 Å². The Morgan fingerprint density at radius 1 is 1.16 bits per heavy atom. The van der Waals surface area contributed by atoms with E-state index in [-0.39, 0.29) is 5.54 Å². The van der Waals surface area contributed by atoms with E-state index in [4.69, 9.17) is 0 Å². The summed E-state index contributed by atoms with van der Waals surface area (Å²) in [5.74, 6) is 0.895. The second-order valence-electron chi connectivity index (χ2n) is 5.59. The Morgan fingerprint density at radius 3 is 2.37 bits per heavy atom. The van der Waals surface area contributed by atoms with E-state index in [1.807, 2.05) is 0 Å². The number of halogens is 1. The van der Waals surface area contributed by atoms with Crippen LogP contribution in [-0.4, -0.2) is 25.6 Å². The smallest absolute Gasteiger partial charge is 0.138 e. The third-order valence-electron chi connectivity index (χ3n) is 3.04.